The second kappa shape index (κ2) is 8.70. The molecular weight excluding hydrogens is 336 g/mol. The van der Waals surface area contributed by atoms with Crippen molar-refractivity contribution in [3.05, 3.63) is 47.3 Å². The summed E-state index contributed by atoms with van der Waals surface area (Å²) in [4.78, 5) is 17.2. The van der Waals surface area contributed by atoms with Crippen LogP contribution in [-0.2, 0) is 11.2 Å². The van der Waals surface area contributed by atoms with Crippen molar-refractivity contribution in [2.75, 3.05) is 32.7 Å². The smallest absolute Gasteiger partial charge is 0.222 e. The van der Waals surface area contributed by atoms with Crippen molar-refractivity contribution in [1.29, 1.82) is 0 Å². The third-order valence-corrected chi connectivity index (χ3v) is 5.38. The first kappa shape index (κ1) is 19.6. The second-order valence-electron chi connectivity index (χ2n) is 7.97. The molecule has 1 aliphatic rings. The summed E-state index contributed by atoms with van der Waals surface area (Å²) in [5.74, 6) is 0.949. The Bertz CT molecular complexity index is 758. The van der Waals surface area contributed by atoms with Crippen molar-refractivity contribution in [2.24, 2.45) is 5.92 Å². The number of aromatic nitrogens is 2. The molecule has 1 amide bonds. The minimum absolute atomic E-state index is 0.269. The van der Waals surface area contributed by atoms with E-state index in [-0.39, 0.29) is 5.91 Å². The predicted octanol–water partition coefficient (Wildman–Crippen LogP) is 3.22. The molecule has 5 nitrogen and oxygen atoms in total. The molecular formula is C22H32N4O. The van der Waals surface area contributed by atoms with Gasteiger partial charge in [-0.3, -0.25) is 9.69 Å². The lowest BCUT2D eigenvalue weighted by atomic mass is 10.1. The fourth-order valence-corrected chi connectivity index (χ4v) is 3.94. The maximum Gasteiger partial charge on any atom is 0.222 e. The van der Waals surface area contributed by atoms with Gasteiger partial charge in [0.25, 0.3) is 0 Å². The molecule has 0 bridgehead atoms. The van der Waals surface area contributed by atoms with Crippen molar-refractivity contribution >= 4 is 5.91 Å². The lowest BCUT2D eigenvalue weighted by molar-refractivity contribution is -0.132. The molecule has 0 spiro atoms. The van der Waals surface area contributed by atoms with Crippen LogP contribution in [0.5, 0.6) is 0 Å². The van der Waals surface area contributed by atoms with E-state index in [0.29, 0.717) is 12.3 Å². The Morgan fingerprint density at radius 1 is 1.07 bits per heavy atom. The van der Waals surface area contributed by atoms with E-state index in [9.17, 15) is 4.79 Å². The molecule has 27 heavy (non-hydrogen) atoms. The zero-order valence-corrected chi connectivity index (χ0v) is 17.1. The number of hydrogen-bond acceptors (Lipinski definition) is 3. The Morgan fingerprint density at radius 3 is 2.37 bits per heavy atom. The first-order valence-electron chi connectivity index (χ1n) is 10.1. The van der Waals surface area contributed by atoms with Gasteiger partial charge in [-0.1, -0.05) is 32.0 Å². The topological polar surface area (TPSA) is 41.4 Å². The highest BCUT2D eigenvalue weighted by molar-refractivity contribution is 5.76. The molecule has 0 N–H and O–H groups in total. The minimum Gasteiger partial charge on any atom is -0.340 e. The van der Waals surface area contributed by atoms with E-state index in [1.807, 2.05) is 34.7 Å². The van der Waals surface area contributed by atoms with Crippen LogP contribution in [0.15, 0.2) is 30.3 Å². The molecule has 146 valence electrons. The fourth-order valence-electron chi connectivity index (χ4n) is 3.94. The highest BCUT2D eigenvalue weighted by atomic mass is 16.2. The van der Waals surface area contributed by atoms with E-state index in [4.69, 9.17) is 5.10 Å². The van der Waals surface area contributed by atoms with Gasteiger partial charge in [0.05, 0.1) is 11.4 Å². The number of carbonyl (C=O) groups is 1. The molecule has 0 aliphatic carbocycles. The fraction of sp³-hybridized carbons (Fsp3) is 0.545. The first-order chi connectivity index (χ1) is 13.0. The average molecular weight is 369 g/mol. The van der Waals surface area contributed by atoms with E-state index < -0.39 is 0 Å². The van der Waals surface area contributed by atoms with Gasteiger partial charge in [0.1, 0.15) is 0 Å². The maximum absolute atomic E-state index is 12.7. The summed E-state index contributed by atoms with van der Waals surface area (Å²) in [6, 6.07) is 10.2. The minimum atomic E-state index is 0.269. The van der Waals surface area contributed by atoms with Crippen LogP contribution in [0.4, 0.5) is 0 Å². The van der Waals surface area contributed by atoms with Crippen LogP contribution < -0.4 is 0 Å². The van der Waals surface area contributed by atoms with Gasteiger partial charge < -0.3 is 4.90 Å². The number of nitrogens with zero attached hydrogens (tertiary/aromatic N) is 4. The number of carbonyl (C=O) groups excluding carboxylic acids is 1. The summed E-state index contributed by atoms with van der Waals surface area (Å²) in [5.41, 5.74) is 4.42. The van der Waals surface area contributed by atoms with Crippen molar-refractivity contribution in [2.45, 2.75) is 40.5 Å². The summed E-state index contributed by atoms with van der Waals surface area (Å²) < 4.78 is 1.99. The predicted molar refractivity (Wildman–Crippen MR) is 109 cm³/mol. The van der Waals surface area contributed by atoms with Crippen LogP contribution in [-0.4, -0.2) is 58.2 Å². The Morgan fingerprint density at radius 2 is 1.74 bits per heavy atom. The van der Waals surface area contributed by atoms with Crippen molar-refractivity contribution < 1.29 is 4.79 Å². The summed E-state index contributed by atoms with van der Waals surface area (Å²) >= 11 is 0. The largest absolute Gasteiger partial charge is 0.340 e. The molecule has 0 saturated carbocycles. The molecule has 1 fully saturated rings. The van der Waals surface area contributed by atoms with Crippen molar-refractivity contribution in [1.82, 2.24) is 19.6 Å². The Kier molecular flexibility index (Phi) is 6.32. The van der Waals surface area contributed by atoms with Crippen LogP contribution in [0.2, 0.25) is 0 Å². The van der Waals surface area contributed by atoms with Gasteiger partial charge in [-0.2, -0.15) is 5.10 Å². The van der Waals surface area contributed by atoms with E-state index in [2.05, 4.69) is 37.8 Å². The number of amides is 1. The van der Waals surface area contributed by atoms with Gasteiger partial charge in [-0.15, -0.1) is 0 Å². The van der Waals surface area contributed by atoms with Gasteiger partial charge in [-0.05, 0) is 43.9 Å². The molecule has 0 atom stereocenters. The highest BCUT2D eigenvalue weighted by Crippen LogP contribution is 2.20. The third kappa shape index (κ3) is 4.78. The molecule has 0 radical (unpaired) electrons. The van der Waals surface area contributed by atoms with Crippen LogP contribution in [0, 0.1) is 19.8 Å². The second-order valence-corrected chi connectivity index (χ2v) is 7.97. The number of para-hydroxylation sites is 1. The molecule has 0 unspecified atom stereocenters. The van der Waals surface area contributed by atoms with E-state index in [1.165, 1.54) is 5.56 Å². The number of hydrogen-bond donors (Lipinski definition) is 0. The zero-order chi connectivity index (χ0) is 19.4. The average Bonchev–Trinajstić information content (AvgIpc) is 2.94. The van der Waals surface area contributed by atoms with E-state index in [0.717, 1.165) is 56.2 Å². The van der Waals surface area contributed by atoms with Crippen molar-refractivity contribution in [3.8, 4) is 5.69 Å². The van der Waals surface area contributed by atoms with Gasteiger partial charge in [0, 0.05) is 44.8 Å². The van der Waals surface area contributed by atoms with Gasteiger partial charge in [0.2, 0.25) is 5.91 Å². The number of benzene rings is 1. The van der Waals surface area contributed by atoms with Gasteiger partial charge in [0.15, 0.2) is 0 Å². The standard InChI is InChI=1S/C22H32N4O/c1-17(2)16-24-12-14-25(15-13-24)22(27)11-10-21-18(3)23-26(19(21)4)20-8-6-5-7-9-20/h5-9,17H,10-16H2,1-4H3. The quantitative estimate of drug-likeness (QED) is 0.786. The van der Waals surface area contributed by atoms with Crippen LogP contribution in [0.1, 0.15) is 37.2 Å². The zero-order valence-electron chi connectivity index (χ0n) is 17.1. The molecule has 1 aliphatic heterocycles. The van der Waals surface area contributed by atoms with Crippen LogP contribution >= 0.6 is 0 Å². The SMILES string of the molecule is Cc1nn(-c2ccccc2)c(C)c1CCC(=O)N1CCN(CC(C)C)CC1. The number of rotatable bonds is 6. The summed E-state index contributed by atoms with van der Waals surface area (Å²) in [6.07, 6.45) is 1.32. The summed E-state index contributed by atoms with van der Waals surface area (Å²) in [6.45, 7) is 13.4. The monoisotopic (exact) mass is 368 g/mol. The summed E-state index contributed by atoms with van der Waals surface area (Å²) in [5, 5.41) is 4.69. The lowest BCUT2D eigenvalue weighted by Crippen LogP contribution is -2.49. The molecule has 1 aromatic heterocycles. The van der Waals surface area contributed by atoms with E-state index in [1.54, 1.807) is 0 Å². The number of piperazine rings is 1. The molecule has 2 aromatic rings. The molecule has 3 rings (SSSR count). The maximum atomic E-state index is 12.7. The highest BCUT2D eigenvalue weighted by Gasteiger charge is 2.22. The van der Waals surface area contributed by atoms with Gasteiger partial charge >= 0.3 is 0 Å². The van der Waals surface area contributed by atoms with Crippen molar-refractivity contribution in [3.63, 3.8) is 0 Å². The molecule has 1 saturated heterocycles. The van der Waals surface area contributed by atoms with E-state index >= 15 is 0 Å². The molecule has 2 heterocycles. The molecule has 1 aromatic carbocycles. The normalized spacial score (nSPS) is 15.5. The lowest BCUT2D eigenvalue weighted by Gasteiger charge is -2.35. The first-order valence-corrected chi connectivity index (χ1v) is 10.1. The Hall–Kier alpha value is -2.14. The van der Waals surface area contributed by atoms with Crippen LogP contribution in [0.3, 0.4) is 0 Å². The van der Waals surface area contributed by atoms with Crippen LogP contribution in [0.25, 0.3) is 5.69 Å². The Labute approximate surface area is 163 Å². The van der Waals surface area contributed by atoms with Gasteiger partial charge in [-0.25, -0.2) is 4.68 Å². The molecule has 5 heteroatoms. The third-order valence-electron chi connectivity index (χ3n) is 5.38. The number of aryl methyl sites for hydroxylation is 1. The Balaban J connectivity index is 1.58. The summed E-state index contributed by atoms with van der Waals surface area (Å²) in [7, 11) is 0.